The number of hydrogen-bond donors (Lipinski definition) is 2. The lowest BCUT2D eigenvalue weighted by molar-refractivity contribution is -0.384. The van der Waals surface area contributed by atoms with Crippen molar-refractivity contribution in [1.82, 2.24) is 9.97 Å². The highest BCUT2D eigenvalue weighted by Gasteiger charge is 2.17. The van der Waals surface area contributed by atoms with Gasteiger partial charge >= 0.3 is 5.69 Å². The first-order valence-corrected chi connectivity index (χ1v) is 4.96. The molecule has 9 heteroatoms. The maximum absolute atomic E-state index is 13.0. The number of nitrogens with zero attached hydrogens (tertiary/aromatic N) is 3. The normalized spacial score (nSPS) is 10.2. The van der Waals surface area contributed by atoms with Crippen LogP contribution in [0.2, 0.25) is 0 Å². The van der Waals surface area contributed by atoms with Crippen molar-refractivity contribution in [3.63, 3.8) is 0 Å². The Hall–Kier alpha value is -2.84. The molecule has 0 aliphatic heterocycles. The number of nitrogens with two attached hydrogens (primary N) is 1. The molecule has 0 radical (unpaired) electrons. The number of halogens is 2. The summed E-state index contributed by atoms with van der Waals surface area (Å²) in [4.78, 5) is 17.2. The van der Waals surface area contributed by atoms with Gasteiger partial charge in [-0.25, -0.2) is 13.8 Å². The summed E-state index contributed by atoms with van der Waals surface area (Å²) in [6.07, 6.45) is 0.921. The van der Waals surface area contributed by atoms with Gasteiger partial charge in [-0.2, -0.15) is 4.98 Å². The van der Waals surface area contributed by atoms with E-state index in [1.54, 1.807) is 0 Å². The fourth-order valence-corrected chi connectivity index (χ4v) is 1.33. The lowest BCUT2D eigenvalue weighted by Gasteiger charge is -2.06. The number of benzene rings is 1. The number of anilines is 3. The highest BCUT2D eigenvalue weighted by Crippen LogP contribution is 2.25. The van der Waals surface area contributed by atoms with Gasteiger partial charge in [-0.3, -0.25) is 10.1 Å². The second-order valence-corrected chi connectivity index (χ2v) is 3.47. The van der Waals surface area contributed by atoms with Crippen LogP contribution in [0.25, 0.3) is 0 Å². The van der Waals surface area contributed by atoms with E-state index in [4.69, 9.17) is 5.73 Å². The third-order valence-corrected chi connectivity index (χ3v) is 2.17. The van der Waals surface area contributed by atoms with Crippen LogP contribution in [-0.2, 0) is 0 Å². The summed E-state index contributed by atoms with van der Waals surface area (Å²) in [5, 5.41) is 13.2. The van der Waals surface area contributed by atoms with Gasteiger partial charge in [-0.1, -0.05) is 0 Å². The van der Waals surface area contributed by atoms with Crippen molar-refractivity contribution in [3.05, 3.63) is 46.1 Å². The predicted octanol–water partition coefficient (Wildman–Crippen LogP) is 1.99. The van der Waals surface area contributed by atoms with Crippen molar-refractivity contribution in [2.24, 2.45) is 0 Å². The molecule has 0 aliphatic carbocycles. The van der Waals surface area contributed by atoms with Crippen LogP contribution in [0.5, 0.6) is 0 Å². The van der Waals surface area contributed by atoms with Crippen LogP contribution in [0.1, 0.15) is 0 Å². The third kappa shape index (κ3) is 2.70. The SMILES string of the molecule is Nc1ncc([N+](=O)[O-])c(Nc2ccc(F)c(F)c2)n1. The lowest BCUT2D eigenvalue weighted by Crippen LogP contribution is -2.04. The zero-order valence-electron chi connectivity index (χ0n) is 9.30. The molecule has 0 aliphatic rings. The number of nitrogen functional groups attached to an aromatic ring is 1. The van der Waals surface area contributed by atoms with Crippen LogP contribution in [0.15, 0.2) is 24.4 Å². The second-order valence-electron chi connectivity index (χ2n) is 3.47. The summed E-state index contributed by atoms with van der Waals surface area (Å²) in [6, 6.07) is 2.94. The van der Waals surface area contributed by atoms with E-state index in [1.165, 1.54) is 6.07 Å². The lowest BCUT2D eigenvalue weighted by atomic mass is 10.3. The van der Waals surface area contributed by atoms with E-state index in [0.717, 1.165) is 18.3 Å². The van der Waals surface area contributed by atoms with E-state index in [0.29, 0.717) is 0 Å². The van der Waals surface area contributed by atoms with Gasteiger partial charge < -0.3 is 11.1 Å². The Labute approximate surface area is 105 Å². The van der Waals surface area contributed by atoms with E-state index < -0.39 is 22.2 Å². The molecule has 2 aromatic rings. The van der Waals surface area contributed by atoms with Crippen LogP contribution in [0, 0.1) is 21.7 Å². The standard InChI is InChI=1S/C10H7F2N5O2/c11-6-2-1-5(3-7(6)12)15-9-8(17(18)19)4-14-10(13)16-9/h1-4H,(H3,13,14,15,16). The average molecular weight is 267 g/mol. The van der Waals surface area contributed by atoms with Crippen molar-refractivity contribution in [3.8, 4) is 0 Å². The highest BCUT2D eigenvalue weighted by molar-refractivity contribution is 5.65. The molecule has 1 aromatic heterocycles. The molecule has 7 nitrogen and oxygen atoms in total. The number of rotatable bonds is 3. The molecule has 2 rings (SSSR count). The van der Waals surface area contributed by atoms with Crippen molar-refractivity contribution < 1.29 is 13.7 Å². The Balaban J connectivity index is 2.39. The fraction of sp³-hybridized carbons (Fsp3) is 0. The summed E-state index contributed by atoms with van der Waals surface area (Å²) in [5.41, 5.74) is 4.98. The van der Waals surface area contributed by atoms with Gasteiger partial charge in [0.15, 0.2) is 11.6 Å². The Morgan fingerprint density at radius 1 is 1.32 bits per heavy atom. The van der Waals surface area contributed by atoms with Crippen LogP contribution in [0.3, 0.4) is 0 Å². The molecule has 1 heterocycles. The molecule has 0 spiro atoms. The van der Waals surface area contributed by atoms with Gasteiger partial charge in [0.2, 0.25) is 11.8 Å². The smallest absolute Gasteiger partial charge is 0.329 e. The van der Waals surface area contributed by atoms with Crippen molar-refractivity contribution in [2.75, 3.05) is 11.1 Å². The van der Waals surface area contributed by atoms with Crippen LogP contribution >= 0.6 is 0 Å². The molecule has 98 valence electrons. The molecule has 0 atom stereocenters. The summed E-state index contributed by atoms with van der Waals surface area (Å²) in [5.74, 6) is -2.50. The molecular weight excluding hydrogens is 260 g/mol. The maximum atomic E-state index is 13.0. The number of hydrogen-bond acceptors (Lipinski definition) is 6. The largest absolute Gasteiger partial charge is 0.368 e. The van der Waals surface area contributed by atoms with E-state index in [-0.39, 0.29) is 17.5 Å². The Morgan fingerprint density at radius 3 is 2.68 bits per heavy atom. The fourth-order valence-electron chi connectivity index (χ4n) is 1.33. The minimum Gasteiger partial charge on any atom is -0.368 e. The second kappa shape index (κ2) is 4.80. The van der Waals surface area contributed by atoms with Gasteiger partial charge in [0.1, 0.15) is 6.20 Å². The molecule has 0 saturated carbocycles. The average Bonchev–Trinajstić information content (AvgIpc) is 2.33. The first-order valence-electron chi connectivity index (χ1n) is 4.96. The Morgan fingerprint density at radius 2 is 2.05 bits per heavy atom. The molecule has 1 aromatic carbocycles. The maximum Gasteiger partial charge on any atom is 0.329 e. The minimum absolute atomic E-state index is 0.0973. The van der Waals surface area contributed by atoms with Gasteiger partial charge in [0.05, 0.1) is 4.92 Å². The van der Waals surface area contributed by atoms with Gasteiger partial charge in [-0.05, 0) is 12.1 Å². The number of aromatic nitrogens is 2. The van der Waals surface area contributed by atoms with Crippen molar-refractivity contribution >= 4 is 23.1 Å². The topological polar surface area (TPSA) is 107 Å². The van der Waals surface area contributed by atoms with Crippen LogP contribution < -0.4 is 11.1 Å². The zero-order valence-corrected chi connectivity index (χ0v) is 9.30. The molecule has 3 N–H and O–H groups in total. The molecule has 19 heavy (non-hydrogen) atoms. The van der Waals surface area contributed by atoms with Gasteiger partial charge in [0, 0.05) is 11.8 Å². The van der Waals surface area contributed by atoms with Crippen molar-refractivity contribution in [2.45, 2.75) is 0 Å². The minimum atomic E-state index is -1.09. The van der Waals surface area contributed by atoms with E-state index in [9.17, 15) is 18.9 Å². The molecule has 0 unspecified atom stereocenters. The number of nitrogens with one attached hydrogen (secondary N) is 1. The molecule has 0 fully saturated rings. The van der Waals surface area contributed by atoms with E-state index in [1.807, 2.05) is 0 Å². The van der Waals surface area contributed by atoms with Crippen LogP contribution in [-0.4, -0.2) is 14.9 Å². The zero-order chi connectivity index (χ0) is 14.0. The van der Waals surface area contributed by atoms with Crippen molar-refractivity contribution in [1.29, 1.82) is 0 Å². The first-order chi connectivity index (χ1) is 8.97. The Kier molecular flexibility index (Phi) is 3.19. The Bertz CT molecular complexity index is 650. The number of nitro groups is 1. The van der Waals surface area contributed by atoms with Gasteiger partial charge in [-0.15, -0.1) is 0 Å². The molecule has 0 amide bonds. The molecular formula is C10H7F2N5O2. The summed E-state index contributed by atoms with van der Waals surface area (Å²) >= 11 is 0. The van der Waals surface area contributed by atoms with E-state index in [2.05, 4.69) is 15.3 Å². The quantitative estimate of drug-likeness (QED) is 0.650. The van der Waals surface area contributed by atoms with Gasteiger partial charge in [0.25, 0.3) is 0 Å². The third-order valence-electron chi connectivity index (χ3n) is 2.17. The summed E-state index contributed by atoms with van der Waals surface area (Å²) < 4.78 is 25.8. The van der Waals surface area contributed by atoms with Crippen LogP contribution in [0.4, 0.5) is 31.9 Å². The summed E-state index contributed by atoms with van der Waals surface area (Å²) in [6.45, 7) is 0. The molecule has 0 saturated heterocycles. The first kappa shape index (κ1) is 12.6. The predicted molar refractivity (Wildman–Crippen MR) is 62.7 cm³/mol. The van der Waals surface area contributed by atoms with E-state index >= 15 is 0 Å². The molecule has 0 bridgehead atoms. The monoisotopic (exact) mass is 267 g/mol. The highest BCUT2D eigenvalue weighted by atomic mass is 19.2. The summed E-state index contributed by atoms with van der Waals surface area (Å²) in [7, 11) is 0.